The molecule has 116 valence electrons. The monoisotopic (exact) mass is 354 g/mol. The quantitative estimate of drug-likeness (QED) is 0.842. The number of hydrogen-bond donors (Lipinski definition) is 1. The number of likely N-dealkylation sites (tertiary alicyclic amines) is 1. The van der Waals surface area contributed by atoms with Gasteiger partial charge in [-0.3, -0.25) is 0 Å². The minimum Gasteiger partial charge on any atom is -0.453 e. The lowest BCUT2D eigenvalue weighted by Gasteiger charge is -2.37. The molecule has 1 saturated heterocycles. The van der Waals surface area contributed by atoms with E-state index in [1.807, 2.05) is 25.1 Å². The molecule has 3 nitrogen and oxygen atoms in total. The van der Waals surface area contributed by atoms with Crippen molar-refractivity contribution in [3.63, 3.8) is 0 Å². The smallest absolute Gasteiger partial charge is 0.339 e. The molecule has 4 heteroatoms. The van der Waals surface area contributed by atoms with Crippen LogP contribution in [-0.4, -0.2) is 30.7 Å². The summed E-state index contributed by atoms with van der Waals surface area (Å²) in [6, 6.07) is 8.70. The lowest BCUT2D eigenvalue weighted by Crippen LogP contribution is -3.20. The van der Waals surface area contributed by atoms with Crippen LogP contribution in [0.2, 0.25) is 0 Å². The number of halogens is 1. The average molecular weight is 355 g/mol. The van der Waals surface area contributed by atoms with Gasteiger partial charge in [0.25, 0.3) is 0 Å². The topological polar surface area (TPSA) is 30.7 Å². The highest BCUT2D eigenvalue weighted by Crippen LogP contribution is 2.17. The van der Waals surface area contributed by atoms with Crippen LogP contribution in [0.25, 0.3) is 0 Å². The molecule has 4 atom stereocenters. The third-order valence-corrected chi connectivity index (χ3v) is 5.16. The fourth-order valence-corrected chi connectivity index (χ4v) is 3.68. The van der Waals surface area contributed by atoms with Crippen molar-refractivity contribution in [1.29, 1.82) is 0 Å². The fraction of sp³-hybridized carbons (Fsp3) is 0.588. The Morgan fingerprint density at radius 1 is 1.33 bits per heavy atom. The van der Waals surface area contributed by atoms with Crippen LogP contribution < -0.4 is 4.90 Å². The van der Waals surface area contributed by atoms with Gasteiger partial charge in [-0.2, -0.15) is 0 Å². The highest BCUT2D eigenvalue weighted by atomic mass is 79.9. The third kappa shape index (κ3) is 4.30. The van der Waals surface area contributed by atoms with E-state index in [4.69, 9.17) is 4.74 Å². The van der Waals surface area contributed by atoms with E-state index in [1.54, 1.807) is 11.0 Å². The molecule has 0 bridgehead atoms. The first-order chi connectivity index (χ1) is 9.99. The number of benzene rings is 1. The van der Waals surface area contributed by atoms with Crippen LogP contribution in [0.3, 0.4) is 0 Å². The summed E-state index contributed by atoms with van der Waals surface area (Å²) in [5.41, 5.74) is 0.596. The number of carbonyl (C=O) groups is 1. The van der Waals surface area contributed by atoms with Gasteiger partial charge in [-0.25, -0.2) is 4.79 Å². The molecule has 21 heavy (non-hydrogen) atoms. The first-order valence-corrected chi connectivity index (χ1v) is 8.59. The van der Waals surface area contributed by atoms with Crippen molar-refractivity contribution in [2.45, 2.75) is 58.2 Å². The minimum absolute atomic E-state index is 0.0670. The van der Waals surface area contributed by atoms with Gasteiger partial charge in [0.15, 0.2) is 0 Å². The summed E-state index contributed by atoms with van der Waals surface area (Å²) in [4.78, 5) is 13.8. The van der Waals surface area contributed by atoms with E-state index >= 15 is 0 Å². The predicted molar refractivity (Wildman–Crippen MR) is 87.6 cm³/mol. The van der Waals surface area contributed by atoms with Crippen molar-refractivity contribution >= 4 is 21.9 Å². The first-order valence-electron chi connectivity index (χ1n) is 7.80. The second-order valence-corrected chi connectivity index (χ2v) is 7.06. The molecule has 0 saturated carbocycles. The van der Waals surface area contributed by atoms with Crippen LogP contribution in [-0.2, 0) is 4.74 Å². The Kier molecular flexibility index (Phi) is 5.82. The summed E-state index contributed by atoms with van der Waals surface area (Å²) in [5, 5.41) is 0. The summed E-state index contributed by atoms with van der Waals surface area (Å²) in [6.45, 7) is 7.48. The molecule has 1 unspecified atom stereocenters. The number of hydrogen-bond acceptors (Lipinski definition) is 2. The highest BCUT2D eigenvalue weighted by Gasteiger charge is 2.30. The number of ether oxygens (including phenoxy) is 1. The van der Waals surface area contributed by atoms with Crippen molar-refractivity contribution in [3.8, 4) is 0 Å². The molecule has 1 aromatic rings. The molecule has 1 fully saturated rings. The standard InChI is InChI=1S/C17H24BrNO2/c1-12-7-6-8-13(2)19(12)11-14(3)21-17(20)15-9-4-5-10-16(15)18/h4-5,9-10,12-14H,6-8,11H2,1-3H3/p+1/t12-,13+,14-/m1/s1. The van der Waals surface area contributed by atoms with E-state index < -0.39 is 0 Å². The Morgan fingerprint density at radius 2 is 1.95 bits per heavy atom. The molecule has 1 aromatic carbocycles. The molecule has 1 N–H and O–H groups in total. The average Bonchev–Trinajstić information content (AvgIpc) is 2.43. The van der Waals surface area contributed by atoms with Crippen LogP contribution in [0.15, 0.2) is 28.7 Å². The molecule has 1 heterocycles. The maximum atomic E-state index is 12.2. The van der Waals surface area contributed by atoms with Gasteiger partial charge >= 0.3 is 5.97 Å². The van der Waals surface area contributed by atoms with Crippen molar-refractivity contribution in [2.24, 2.45) is 0 Å². The molecule has 0 radical (unpaired) electrons. The van der Waals surface area contributed by atoms with E-state index in [2.05, 4.69) is 29.8 Å². The number of carbonyl (C=O) groups excluding carboxylic acids is 1. The Hall–Kier alpha value is -0.870. The molecule has 1 aliphatic heterocycles. The van der Waals surface area contributed by atoms with Crippen LogP contribution in [0.4, 0.5) is 0 Å². The predicted octanol–water partition coefficient (Wildman–Crippen LogP) is 2.84. The first kappa shape index (κ1) is 16.5. The molecule has 0 spiro atoms. The summed E-state index contributed by atoms with van der Waals surface area (Å²) >= 11 is 3.40. The van der Waals surface area contributed by atoms with Gasteiger partial charge in [-0.1, -0.05) is 12.1 Å². The second kappa shape index (κ2) is 7.41. The Balaban J connectivity index is 1.93. The lowest BCUT2D eigenvalue weighted by atomic mass is 9.97. The summed E-state index contributed by atoms with van der Waals surface area (Å²) in [7, 11) is 0. The van der Waals surface area contributed by atoms with Gasteiger partial charge in [0, 0.05) is 4.47 Å². The van der Waals surface area contributed by atoms with Gasteiger partial charge < -0.3 is 9.64 Å². The molecule has 0 aromatic heterocycles. The van der Waals surface area contributed by atoms with E-state index in [-0.39, 0.29) is 12.1 Å². The van der Waals surface area contributed by atoms with Gasteiger partial charge in [0.2, 0.25) is 0 Å². The summed E-state index contributed by atoms with van der Waals surface area (Å²) in [5.74, 6) is -0.244. The molecule has 1 aliphatic rings. The number of nitrogens with one attached hydrogen (secondary N) is 1. The molecular weight excluding hydrogens is 330 g/mol. The van der Waals surface area contributed by atoms with Gasteiger partial charge in [0.05, 0.1) is 17.6 Å². The normalized spacial score (nSPS) is 27.1. The van der Waals surface area contributed by atoms with E-state index in [0.29, 0.717) is 17.6 Å². The highest BCUT2D eigenvalue weighted by molar-refractivity contribution is 9.10. The Labute approximate surface area is 135 Å². The number of esters is 1. The minimum atomic E-state index is -0.244. The molecule has 0 aliphatic carbocycles. The van der Waals surface area contributed by atoms with Crippen LogP contribution >= 0.6 is 15.9 Å². The third-order valence-electron chi connectivity index (χ3n) is 4.47. The maximum Gasteiger partial charge on any atom is 0.339 e. The van der Waals surface area contributed by atoms with Crippen molar-refractivity contribution < 1.29 is 14.4 Å². The number of piperidine rings is 1. The molecule has 0 amide bonds. The summed E-state index contributed by atoms with van der Waals surface area (Å²) in [6.07, 6.45) is 3.79. The zero-order chi connectivity index (χ0) is 15.4. The molecule has 2 rings (SSSR count). The largest absolute Gasteiger partial charge is 0.453 e. The van der Waals surface area contributed by atoms with Crippen LogP contribution in [0.5, 0.6) is 0 Å². The Morgan fingerprint density at radius 3 is 2.57 bits per heavy atom. The van der Waals surface area contributed by atoms with E-state index in [0.717, 1.165) is 11.0 Å². The zero-order valence-electron chi connectivity index (χ0n) is 13.1. The number of rotatable bonds is 4. The van der Waals surface area contributed by atoms with Gasteiger partial charge in [0.1, 0.15) is 12.6 Å². The Bertz CT molecular complexity index is 481. The SMILES string of the molecule is C[C@H](C[NH+]1[C@H](C)CCC[C@@H]1C)OC(=O)c1ccccc1Br. The summed E-state index contributed by atoms with van der Waals surface area (Å²) < 4.78 is 6.41. The van der Waals surface area contributed by atoms with E-state index in [9.17, 15) is 4.79 Å². The number of quaternary nitrogens is 1. The van der Waals surface area contributed by atoms with Crippen LogP contribution in [0.1, 0.15) is 50.4 Å². The zero-order valence-corrected chi connectivity index (χ0v) is 14.7. The van der Waals surface area contributed by atoms with Gasteiger partial charge in [-0.15, -0.1) is 0 Å². The van der Waals surface area contributed by atoms with Crippen LogP contribution in [0, 0.1) is 0 Å². The molecular formula is C17H25BrNO2+. The fourth-order valence-electron chi connectivity index (χ4n) is 3.24. The van der Waals surface area contributed by atoms with E-state index in [1.165, 1.54) is 19.3 Å². The van der Waals surface area contributed by atoms with Crippen molar-refractivity contribution in [1.82, 2.24) is 0 Å². The van der Waals surface area contributed by atoms with Crippen molar-refractivity contribution in [2.75, 3.05) is 6.54 Å². The van der Waals surface area contributed by atoms with Crippen molar-refractivity contribution in [3.05, 3.63) is 34.3 Å². The lowest BCUT2D eigenvalue weighted by molar-refractivity contribution is -0.953. The second-order valence-electron chi connectivity index (χ2n) is 6.21. The maximum absolute atomic E-state index is 12.2. The van der Waals surface area contributed by atoms with Gasteiger partial charge in [-0.05, 0) is 68.1 Å².